The summed E-state index contributed by atoms with van der Waals surface area (Å²) in [4.78, 5) is 11.1. The normalized spacial score (nSPS) is 15.1. The van der Waals surface area contributed by atoms with Crippen LogP contribution in [0.25, 0.3) is 0 Å². The molecule has 0 unspecified atom stereocenters. The summed E-state index contributed by atoms with van der Waals surface area (Å²) < 4.78 is 0. The Labute approximate surface area is 96.9 Å². The van der Waals surface area contributed by atoms with Crippen molar-refractivity contribution in [3.8, 4) is 0 Å². The van der Waals surface area contributed by atoms with Crippen LogP contribution in [0.1, 0.15) is 31.9 Å². The Balaban J connectivity index is 2.14. The zero-order chi connectivity index (χ0) is 11.4. The van der Waals surface area contributed by atoms with Crippen molar-refractivity contribution in [2.45, 2.75) is 32.7 Å². The lowest BCUT2D eigenvalue weighted by atomic mass is 10.3. The van der Waals surface area contributed by atoms with Gasteiger partial charge in [0.2, 0.25) is 0 Å². The summed E-state index contributed by atoms with van der Waals surface area (Å²) in [6.07, 6.45) is 7.32. The fraction of sp³-hybridized carbons (Fsp3) is 0.667. The van der Waals surface area contributed by atoms with Crippen LogP contribution in [0.4, 0.5) is 5.82 Å². The molecule has 1 heterocycles. The Hall–Kier alpha value is -1.16. The average molecular weight is 220 g/mol. The molecule has 4 nitrogen and oxygen atoms in total. The SMILES string of the molecule is CCCN(CC1CC1)c1nccnc1CN. The second-order valence-electron chi connectivity index (χ2n) is 4.42. The molecule has 0 amide bonds. The summed E-state index contributed by atoms with van der Waals surface area (Å²) in [5.74, 6) is 1.85. The summed E-state index contributed by atoms with van der Waals surface area (Å²) in [7, 11) is 0. The molecule has 1 aromatic rings. The molecule has 2 N–H and O–H groups in total. The van der Waals surface area contributed by atoms with Crippen LogP contribution in [0.15, 0.2) is 12.4 Å². The van der Waals surface area contributed by atoms with Crippen molar-refractivity contribution in [1.82, 2.24) is 9.97 Å². The fourth-order valence-electron chi connectivity index (χ4n) is 1.93. The summed E-state index contributed by atoms with van der Waals surface area (Å²) in [5.41, 5.74) is 6.62. The monoisotopic (exact) mass is 220 g/mol. The number of hydrogen-bond acceptors (Lipinski definition) is 4. The first kappa shape index (κ1) is 11.3. The molecule has 0 aliphatic heterocycles. The summed E-state index contributed by atoms with van der Waals surface area (Å²) in [6.45, 7) is 4.81. The van der Waals surface area contributed by atoms with Crippen LogP contribution in [0.2, 0.25) is 0 Å². The molecule has 0 bridgehead atoms. The van der Waals surface area contributed by atoms with E-state index in [1.165, 1.54) is 12.8 Å². The number of anilines is 1. The van der Waals surface area contributed by atoms with Crippen LogP contribution in [-0.2, 0) is 6.54 Å². The van der Waals surface area contributed by atoms with Gasteiger partial charge in [-0.1, -0.05) is 6.92 Å². The van der Waals surface area contributed by atoms with Gasteiger partial charge in [-0.3, -0.25) is 4.98 Å². The van der Waals surface area contributed by atoms with Crippen molar-refractivity contribution in [2.75, 3.05) is 18.0 Å². The maximum Gasteiger partial charge on any atom is 0.151 e. The van der Waals surface area contributed by atoms with Crippen LogP contribution < -0.4 is 10.6 Å². The first-order valence-corrected chi connectivity index (χ1v) is 6.10. The van der Waals surface area contributed by atoms with Gasteiger partial charge in [-0.25, -0.2) is 4.98 Å². The number of rotatable bonds is 6. The van der Waals surface area contributed by atoms with E-state index in [1.807, 2.05) is 0 Å². The molecular weight excluding hydrogens is 200 g/mol. The number of nitrogens with two attached hydrogens (primary N) is 1. The topological polar surface area (TPSA) is 55.0 Å². The largest absolute Gasteiger partial charge is 0.355 e. The lowest BCUT2D eigenvalue weighted by Crippen LogP contribution is -2.29. The molecule has 2 rings (SSSR count). The van der Waals surface area contributed by atoms with Gasteiger partial charge < -0.3 is 10.6 Å². The minimum atomic E-state index is 0.466. The highest BCUT2D eigenvalue weighted by Gasteiger charge is 2.25. The lowest BCUT2D eigenvalue weighted by molar-refractivity contribution is 0.690. The third-order valence-corrected chi connectivity index (χ3v) is 2.91. The van der Waals surface area contributed by atoms with Gasteiger partial charge in [0.25, 0.3) is 0 Å². The standard InChI is InChI=1S/C12H20N4/c1-2-7-16(9-10-3-4-10)12-11(8-13)14-5-6-15-12/h5-6,10H,2-4,7-9,13H2,1H3. The molecule has 1 saturated carbocycles. The zero-order valence-electron chi connectivity index (χ0n) is 9.89. The molecule has 0 spiro atoms. The van der Waals surface area contributed by atoms with Gasteiger partial charge >= 0.3 is 0 Å². The first-order valence-electron chi connectivity index (χ1n) is 6.10. The molecular formula is C12H20N4. The van der Waals surface area contributed by atoms with Gasteiger partial charge in [0.15, 0.2) is 5.82 Å². The van der Waals surface area contributed by atoms with Crippen molar-refractivity contribution < 1.29 is 0 Å². The number of hydrogen-bond donors (Lipinski definition) is 1. The van der Waals surface area contributed by atoms with Crippen molar-refractivity contribution >= 4 is 5.82 Å². The number of aromatic nitrogens is 2. The second-order valence-corrected chi connectivity index (χ2v) is 4.42. The third kappa shape index (κ3) is 2.70. The molecule has 0 atom stereocenters. The highest BCUT2D eigenvalue weighted by Crippen LogP contribution is 2.31. The van der Waals surface area contributed by atoms with Crippen LogP contribution in [0.3, 0.4) is 0 Å². The second kappa shape index (κ2) is 5.25. The Morgan fingerprint density at radius 2 is 2.12 bits per heavy atom. The Kier molecular flexibility index (Phi) is 3.72. The zero-order valence-corrected chi connectivity index (χ0v) is 9.89. The Morgan fingerprint density at radius 1 is 1.38 bits per heavy atom. The van der Waals surface area contributed by atoms with E-state index in [0.717, 1.165) is 36.9 Å². The fourth-order valence-corrected chi connectivity index (χ4v) is 1.93. The molecule has 1 aliphatic carbocycles. The minimum Gasteiger partial charge on any atom is -0.355 e. The lowest BCUT2D eigenvalue weighted by Gasteiger charge is -2.24. The van der Waals surface area contributed by atoms with Gasteiger partial charge in [0, 0.05) is 32.0 Å². The maximum atomic E-state index is 5.70. The van der Waals surface area contributed by atoms with Crippen molar-refractivity contribution in [2.24, 2.45) is 11.7 Å². The van der Waals surface area contributed by atoms with E-state index in [-0.39, 0.29) is 0 Å². The maximum absolute atomic E-state index is 5.70. The summed E-state index contributed by atoms with van der Waals surface area (Å²) in [6, 6.07) is 0. The quantitative estimate of drug-likeness (QED) is 0.790. The summed E-state index contributed by atoms with van der Waals surface area (Å²) >= 11 is 0. The van der Waals surface area contributed by atoms with Gasteiger partial charge in [-0.2, -0.15) is 0 Å². The van der Waals surface area contributed by atoms with Gasteiger partial charge in [-0.15, -0.1) is 0 Å². The molecule has 0 saturated heterocycles. The van der Waals surface area contributed by atoms with E-state index < -0.39 is 0 Å². The summed E-state index contributed by atoms with van der Waals surface area (Å²) in [5, 5.41) is 0. The van der Waals surface area contributed by atoms with E-state index in [1.54, 1.807) is 12.4 Å². The predicted molar refractivity (Wildman–Crippen MR) is 65.2 cm³/mol. The molecule has 1 aliphatic rings. The van der Waals surface area contributed by atoms with Crippen molar-refractivity contribution in [3.05, 3.63) is 18.1 Å². The first-order chi connectivity index (χ1) is 7.85. The number of nitrogens with zero attached hydrogens (tertiary/aromatic N) is 3. The van der Waals surface area contributed by atoms with Gasteiger partial charge in [-0.05, 0) is 25.2 Å². The Bertz CT molecular complexity index is 336. The van der Waals surface area contributed by atoms with E-state index in [0.29, 0.717) is 6.54 Å². The molecule has 16 heavy (non-hydrogen) atoms. The van der Waals surface area contributed by atoms with Gasteiger partial charge in [0.1, 0.15) is 0 Å². The van der Waals surface area contributed by atoms with Crippen molar-refractivity contribution in [3.63, 3.8) is 0 Å². The third-order valence-electron chi connectivity index (χ3n) is 2.91. The molecule has 1 fully saturated rings. The highest BCUT2D eigenvalue weighted by atomic mass is 15.2. The molecule has 88 valence electrons. The van der Waals surface area contributed by atoms with Gasteiger partial charge in [0.05, 0.1) is 5.69 Å². The van der Waals surface area contributed by atoms with Crippen LogP contribution >= 0.6 is 0 Å². The van der Waals surface area contributed by atoms with Crippen LogP contribution in [0.5, 0.6) is 0 Å². The highest BCUT2D eigenvalue weighted by molar-refractivity contribution is 5.43. The molecule has 4 heteroatoms. The average Bonchev–Trinajstić information content (AvgIpc) is 3.12. The smallest absolute Gasteiger partial charge is 0.151 e. The molecule has 0 radical (unpaired) electrons. The van der Waals surface area contributed by atoms with E-state index in [4.69, 9.17) is 5.73 Å². The predicted octanol–water partition coefficient (Wildman–Crippen LogP) is 1.56. The van der Waals surface area contributed by atoms with E-state index in [9.17, 15) is 0 Å². The van der Waals surface area contributed by atoms with E-state index in [2.05, 4.69) is 21.8 Å². The van der Waals surface area contributed by atoms with Crippen LogP contribution in [0, 0.1) is 5.92 Å². The molecule has 1 aromatic heterocycles. The molecule has 0 aromatic carbocycles. The van der Waals surface area contributed by atoms with Crippen molar-refractivity contribution in [1.29, 1.82) is 0 Å². The minimum absolute atomic E-state index is 0.466. The Morgan fingerprint density at radius 3 is 2.75 bits per heavy atom. The van der Waals surface area contributed by atoms with E-state index >= 15 is 0 Å². The van der Waals surface area contributed by atoms with Crippen LogP contribution in [-0.4, -0.2) is 23.1 Å².